The van der Waals surface area contributed by atoms with Crippen LogP contribution in [0.25, 0.3) is 5.57 Å². The van der Waals surface area contributed by atoms with Crippen LogP contribution in [-0.2, 0) is 9.59 Å². The number of likely N-dealkylation sites (N-methyl/N-ethyl adjacent to an activating group) is 1. The average Bonchev–Trinajstić information content (AvgIpc) is 3.08. The van der Waals surface area contributed by atoms with E-state index in [0.717, 1.165) is 25.3 Å². The predicted molar refractivity (Wildman–Crippen MR) is 127 cm³/mol. The van der Waals surface area contributed by atoms with Gasteiger partial charge in [0, 0.05) is 51.5 Å². The zero-order valence-electron chi connectivity index (χ0n) is 19.2. The number of methoxy groups -OCH3 is 1. The highest BCUT2D eigenvalue weighted by Crippen LogP contribution is 2.38. The van der Waals surface area contributed by atoms with E-state index >= 15 is 0 Å². The molecule has 0 unspecified atom stereocenters. The number of carbonyl (C=O) groups is 2. The number of hydrogen-bond acceptors (Lipinski definition) is 6. The normalized spacial score (nSPS) is 17.4. The number of ether oxygens (including phenoxy) is 1. The summed E-state index contributed by atoms with van der Waals surface area (Å²) in [7, 11) is 5.49. The molecule has 7 heteroatoms. The number of piperazine rings is 1. The third-order valence-corrected chi connectivity index (χ3v) is 6.20. The van der Waals surface area contributed by atoms with Gasteiger partial charge in [-0.2, -0.15) is 0 Å². The van der Waals surface area contributed by atoms with E-state index in [0.29, 0.717) is 41.4 Å². The Morgan fingerprint density at radius 3 is 2.16 bits per heavy atom. The lowest BCUT2D eigenvalue weighted by Crippen LogP contribution is -2.47. The van der Waals surface area contributed by atoms with Crippen LogP contribution in [0.4, 0.5) is 11.4 Å². The fourth-order valence-electron chi connectivity index (χ4n) is 4.33. The van der Waals surface area contributed by atoms with Crippen molar-refractivity contribution in [1.82, 2.24) is 9.80 Å². The predicted octanol–water partition coefficient (Wildman–Crippen LogP) is 2.68. The van der Waals surface area contributed by atoms with E-state index in [-0.39, 0.29) is 11.8 Å². The number of carbonyl (C=O) groups excluding carboxylic acids is 2. The van der Waals surface area contributed by atoms with Gasteiger partial charge in [0.1, 0.15) is 11.4 Å². The molecule has 2 heterocycles. The van der Waals surface area contributed by atoms with E-state index in [1.165, 1.54) is 4.90 Å². The van der Waals surface area contributed by atoms with Gasteiger partial charge in [0.15, 0.2) is 0 Å². The third-order valence-electron chi connectivity index (χ3n) is 6.20. The van der Waals surface area contributed by atoms with Gasteiger partial charge in [-0.25, -0.2) is 4.90 Å². The Morgan fingerprint density at radius 2 is 1.56 bits per heavy atom. The van der Waals surface area contributed by atoms with Gasteiger partial charge in [0.25, 0.3) is 11.8 Å². The van der Waals surface area contributed by atoms with Crippen LogP contribution in [0, 0.1) is 0 Å². The molecule has 168 valence electrons. The van der Waals surface area contributed by atoms with Crippen LogP contribution in [0.2, 0.25) is 0 Å². The van der Waals surface area contributed by atoms with E-state index in [1.54, 1.807) is 7.11 Å². The highest BCUT2D eigenvalue weighted by atomic mass is 16.5. The molecule has 2 aromatic rings. The molecule has 4 rings (SSSR count). The van der Waals surface area contributed by atoms with Crippen LogP contribution < -0.4 is 14.5 Å². The van der Waals surface area contributed by atoms with Crippen molar-refractivity contribution in [3.8, 4) is 5.75 Å². The molecule has 0 aliphatic carbocycles. The number of amides is 2. The highest BCUT2D eigenvalue weighted by molar-refractivity contribution is 6.45. The van der Waals surface area contributed by atoms with Crippen molar-refractivity contribution in [3.05, 3.63) is 59.8 Å². The number of hydrogen-bond donors (Lipinski definition) is 0. The summed E-state index contributed by atoms with van der Waals surface area (Å²) in [5.74, 6) is -0.0124. The molecule has 0 bridgehead atoms. The van der Waals surface area contributed by atoms with E-state index in [1.807, 2.05) is 67.5 Å². The quantitative estimate of drug-likeness (QED) is 0.652. The smallest absolute Gasteiger partial charge is 0.282 e. The Balaban J connectivity index is 1.78. The molecular weight excluding hydrogens is 404 g/mol. The molecule has 0 spiro atoms. The summed E-state index contributed by atoms with van der Waals surface area (Å²) < 4.78 is 5.55. The maximum atomic E-state index is 13.7. The SMILES string of the molecule is CCN1CCN(C2=C(c3ccccc3OC)C(=O)N(c3ccc(N(C)C)cc3)C2=O)CC1. The highest BCUT2D eigenvalue weighted by Gasteiger charge is 2.43. The molecule has 1 saturated heterocycles. The van der Waals surface area contributed by atoms with E-state index in [4.69, 9.17) is 4.74 Å². The lowest BCUT2D eigenvalue weighted by atomic mass is 10.0. The third kappa shape index (κ3) is 3.84. The lowest BCUT2D eigenvalue weighted by Gasteiger charge is -2.36. The van der Waals surface area contributed by atoms with Gasteiger partial charge in [-0.3, -0.25) is 9.59 Å². The first kappa shape index (κ1) is 21.9. The second-order valence-electron chi connectivity index (χ2n) is 8.20. The van der Waals surface area contributed by atoms with Gasteiger partial charge >= 0.3 is 0 Å². The summed E-state index contributed by atoms with van der Waals surface area (Å²) in [6.07, 6.45) is 0. The first-order valence-corrected chi connectivity index (χ1v) is 11.0. The number of anilines is 2. The summed E-state index contributed by atoms with van der Waals surface area (Å²) in [6, 6.07) is 14.9. The number of rotatable bonds is 6. The molecule has 0 atom stereocenters. The Kier molecular flexibility index (Phi) is 6.19. The van der Waals surface area contributed by atoms with Crippen LogP contribution in [0.3, 0.4) is 0 Å². The molecule has 2 amide bonds. The Labute approximate surface area is 189 Å². The molecule has 7 nitrogen and oxygen atoms in total. The zero-order valence-corrected chi connectivity index (χ0v) is 19.2. The van der Waals surface area contributed by atoms with Gasteiger partial charge in [-0.05, 0) is 36.9 Å². The second-order valence-corrected chi connectivity index (χ2v) is 8.20. The maximum absolute atomic E-state index is 13.7. The second kappa shape index (κ2) is 9.04. The minimum Gasteiger partial charge on any atom is -0.496 e. The van der Waals surface area contributed by atoms with E-state index < -0.39 is 0 Å². The monoisotopic (exact) mass is 434 g/mol. The largest absolute Gasteiger partial charge is 0.496 e. The molecule has 32 heavy (non-hydrogen) atoms. The standard InChI is InChI=1S/C25H30N4O3/c1-5-27-14-16-28(17-15-27)23-22(20-8-6-7-9-21(20)32-4)24(30)29(25(23)31)19-12-10-18(11-13-19)26(2)3/h6-13H,5,14-17H2,1-4H3. The van der Waals surface area contributed by atoms with Crippen molar-refractivity contribution < 1.29 is 14.3 Å². The molecule has 2 aromatic carbocycles. The van der Waals surface area contributed by atoms with Crippen molar-refractivity contribution in [2.24, 2.45) is 0 Å². The Bertz CT molecular complexity index is 1040. The van der Waals surface area contributed by atoms with Crippen LogP contribution in [0.5, 0.6) is 5.75 Å². The Hall–Kier alpha value is -3.32. The molecule has 2 aliphatic rings. The number of benzene rings is 2. The van der Waals surface area contributed by atoms with Gasteiger partial charge in [-0.1, -0.05) is 25.1 Å². The molecule has 0 N–H and O–H groups in total. The van der Waals surface area contributed by atoms with Crippen LogP contribution in [-0.4, -0.2) is 75.5 Å². The first-order valence-electron chi connectivity index (χ1n) is 11.0. The lowest BCUT2D eigenvalue weighted by molar-refractivity contribution is -0.120. The summed E-state index contributed by atoms with van der Waals surface area (Å²) in [6.45, 7) is 6.24. The summed E-state index contributed by atoms with van der Waals surface area (Å²) in [5.41, 5.74) is 3.09. The number of nitrogens with zero attached hydrogens (tertiary/aromatic N) is 4. The molecule has 2 aliphatic heterocycles. The van der Waals surface area contributed by atoms with Gasteiger partial charge in [0.2, 0.25) is 0 Å². The molecular formula is C25H30N4O3. The fraction of sp³-hybridized carbons (Fsp3) is 0.360. The molecule has 0 aromatic heterocycles. The topological polar surface area (TPSA) is 56.3 Å². The van der Waals surface area contributed by atoms with Gasteiger partial charge < -0.3 is 19.4 Å². The zero-order chi connectivity index (χ0) is 22.8. The summed E-state index contributed by atoms with van der Waals surface area (Å²) in [4.78, 5) is 35.1. The summed E-state index contributed by atoms with van der Waals surface area (Å²) in [5, 5.41) is 0. The van der Waals surface area contributed by atoms with Crippen molar-refractivity contribution in [2.45, 2.75) is 6.92 Å². The van der Waals surface area contributed by atoms with Gasteiger partial charge in [-0.15, -0.1) is 0 Å². The van der Waals surface area contributed by atoms with E-state index in [9.17, 15) is 9.59 Å². The molecule has 0 radical (unpaired) electrons. The summed E-state index contributed by atoms with van der Waals surface area (Å²) >= 11 is 0. The fourth-order valence-corrected chi connectivity index (χ4v) is 4.33. The molecule has 1 fully saturated rings. The number of para-hydroxylation sites is 1. The van der Waals surface area contributed by atoms with Crippen molar-refractivity contribution >= 4 is 28.8 Å². The van der Waals surface area contributed by atoms with E-state index in [2.05, 4.69) is 16.7 Å². The number of imide groups is 1. The minimum atomic E-state index is -0.315. The van der Waals surface area contributed by atoms with Crippen molar-refractivity contribution in [3.63, 3.8) is 0 Å². The van der Waals surface area contributed by atoms with Crippen LogP contribution >= 0.6 is 0 Å². The van der Waals surface area contributed by atoms with Gasteiger partial charge in [0.05, 0.1) is 18.4 Å². The maximum Gasteiger partial charge on any atom is 0.282 e. The van der Waals surface area contributed by atoms with Crippen LogP contribution in [0.1, 0.15) is 12.5 Å². The molecule has 0 saturated carbocycles. The van der Waals surface area contributed by atoms with Crippen molar-refractivity contribution in [2.75, 3.05) is 63.7 Å². The first-order chi connectivity index (χ1) is 15.5. The Morgan fingerprint density at radius 1 is 0.906 bits per heavy atom. The average molecular weight is 435 g/mol. The van der Waals surface area contributed by atoms with Crippen molar-refractivity contribution in [1.29, 1.82) is 0 Å². The minimum absolute atomic E-state index is 0.279. The van der Waals surface area contributed by atoms with Crippen LogP contribution in [0.15, 0.2) is 54.2 Å².